The summed E-state index contributed by atoms with van der Waals surface area (Å²) in [7, 11) is 0. The third-order valence-electron chi connectivity index (χ3n) is 5.66. The summed E-state index contributed by atoms with van der Waals surface area (Å²) < 4.78 is 45.9. The van der Waals surface area contributed by atoms with Crippen LogP contribution in [0.3, 0.4) is 0 Å². The minimum atomic E-state index is -4.41. The molecule has 0 radical (unpaired) electrons. The van der Waals surface area contributed by atoms with Gasteiger partial charge in [-0.05, 0) is 37.6 Å². The Bertz CT molecular complexity index is 1080. The van der Waals surface area contributed by atoms with Gasteiger partial charge in [-0.3, -0.25) is 9.89 Å². The summed E-state index contributed by atoms with van der Waals surface area (Å²) in [5.41, 5.74) is 0.741. The molecule has 3 aromatic rings. The third kappa shape index (κ3) is 5.12. The van der Waals surface area contributed by atoms with Crippen molar-refractivity contribution in [2.45, 2.75) is 45.0 Å². The Labute approximate surface area is 183 Å². The normalized spacial score (nSPS) is 16.5. The van der Waals surface area contributed by atoms with E-state index in [-0.39, 0.29) is 24.2 Å². The Hall–Kier alpha value is -3.30. The standard InChI is InChI=1S/C22H24F3N5O2/c1-15-26-7-10-29(15)9-6-21(31)30-8-5-16(13-30)20-12-18(27-28-20)14-32-19-4-2-3-17(11-19)22(23,24)25/h2-4,7,10-12,16H,5-6,8-9,13-14H2,1H3,(H,27,28)/t16-/m1/s1. The average molecular weight is 447 g/mol. The lowest BCUT2D eigenvalue weighted by Crippen LogP contribution is -2.29. The van der Waals surface area contributed by atoms with Crippen LogP contribution in [-0.4, -0.2) is 43.6 Å². The number of aromatic nitrogens is 4. The fourth-order valence-corrected chi connectivity index (χ4v) is 3.83. The molecule has 1 aliphatic rings. The number of rotatable bonds is 7. The number of aryl methyl sites for hydroxylation is 2. The van der Waals surface area contributed by atoms with Crippen LogP contribution in [0.2, 0.25) is 0 Å². The molecule has 0 unspecified atom stereocenters. The van der Waals surface area contributed by atoms with Gasteiger partial charge in [-0.15, -0.1) is 0 Å². The molecule has 1 aromatic carbocycles. The molecule has 1 atom stereocenters. The van der Waals surface area contributed by atoms with Gasteiger partial charge in [-0.1, -0.05) is 6.07 Å². The first-order chi connectivity index (χ1) is 15.3. The number of likely N-dealkylation sites (tertiary alicyclic amines) is 1. The number of hydrogen-bond acceptors (Lipinski definition) is 4. The minimum Gasteiger partial charge on any atom is -0.487 e. The van der Waals surface area contributed by atoms with Crippen LogP contribution in [0.25, 0.3) is 0 Å². The van der Waals surface area contributed by atoms with Gasteiger partial charge in [0.05, 0.1) is 17.0 Å². The molecule has 0 bridgehead atoms. The number of carbonyl (C=O) groups is 1. The summed E-state index contributed by atoms with van der Waals surface area (Å²) in [4.78, 5) is 18.6. The molecule has 32 heavy (non-hydrogen) atoms. The van der Waals surface area contributed by atoms with Crippen molar-refractivity contribution in [1.82, 2.24) is 24.6 Å². The lowest BCUT2D eigenvalue weighted by Gasteiger charge is -2.16. The van der Waals surface area contributed by atoms with E-state index in [0.717, 1.165) is 30.1 Å². The number of alkyl halides is 3. The average Bonchev–Trinajstić information content (AvgIpc) is 3.51. The first-order valence-electron chi connectivity index (χ1n) is 10.4. The predicted octanol–water partition coefficient (Wildman–Crippen LogP) is 3.92. The third-order valence-corrected chi connectivity index (χ3v) is 5.66. The van der Waals surface area contributed by atoms with Crippen molar-refractivity contribution in [3.8, 4) is 5.75 Å². The molecule has 1 saturated heterocycles. The molecule has 7 nitrogen and oxygen atoms in total. The number of ether oxygens (including phenoxy) is 1. The van der Waals surface area contributed by atoms with E-state index in [4.69, 9.17) is 4.74 Å². The van der Waals surface area contributed by atoms with Crippen molar-refractivity contribution < 1.29 is 22.7 Å². The fourth-order valence-electron chi connectivity index (χ4n) is 3.83. The molecule has 4 rings (SSSR count). The SMILES string of the molecule is Cc1nccn1CCC(=O)N1CC[C@@H](c2cc(COc3cccc(C(F)(F)F)c3)[nH]n2)C1. The summed E-state index contributed by atoms with van der Waals surface area (Å²) in [6, 6.07) is 6.63. The first-order valence-corrected chi connectivity index (χ1v) is 10.4. The maximum absolute atomic E-state index is 12.8. The lowest BCUT2D eigenvalue weighted by atomic mass is 10.1. The number of imidazole rings is 1. The van der Waals surface area contributed by atoms with Crippen molar-refractivity contribution in [3.63, 3.8) is 0 Å². The summed E-state index contributed by atoms with van der Waals surface area (Å²) in [5, 5.41) is 7.20. The van der Waals surface area contributed by atoms with Gasteiger partial charge in [-0.2, -0.15) is 18.3 Å². The fraction of sp³-hybridized carbons (Fsp3) is 0.409. The summed E-state index contributed by atoms with van der Waals surface area (Å²) >= 11 is 0. The number of H-pyrrole nitrogens is 1. The smallest absolute Gasteiger partial charge is 0.416 e. The summed E-state index contributed by atoms with van der Waals surface area (Å²) in [6.45, 7) is 3.86. The van der Waals surface area contributed by atoms with Crippen LogP contribution in [0.1, 0.15) is 41.5 Å². The van der Waals surface area contributed by atoms with E-state index in [1.807, 2.05) is 28.7 Å². The topological polar surface area (TPSA) is 76.0 Å². The Morgan fingerprint density at radius 1 is 1.31 bits per heavy atom. The summed E-state index contributed by atoms with van der Waals surface area (Å²) in [6.07, 6.45) is 0.402. The zero-order valence-electron chi connectivity index (χ0n) is 17.6. The van der Waals surface area contributed by atoms with Crippen LogP contribution in [0.15, 0.2) is 42.7 Å². The van der Waals surface area contributed by atoms with E-state index in [2.05, 4.69) is 15.2 Å². The molecule has 3 heterocycles. The van der Waals surface area contributed by atoms with Crippen LogP contribution < -0.4 is 4.74 Å². The Morgan fingerprint density at radius 2 is 2.16 bits per heavy atom. The van der Waals surface area contributed by atoms with Crippen LogP contribution in [0.4, 0.5) is 13.2 Å². The van der Waals surface area contributed by atoms with E-state index in [1.165, 1.54) is 12.1 Å². The molecule has 170 valence electrons. The van der Waals surface area contributed by atoms with Gasteiger partial charge in [0.15, 0.2) is 0 Å². The highest BCUT2D eigenvalue weighted by molar-refractivity contribution is 5.76. The van der Waals surface area contributed by atoms with E-state index >= 15 is 0 Å². The number of aromatic amines is 1. The van der Waals surface area contributed by atoms with Gasteiger partial charge in [0.25, 0.3) is 0 Å². The Balaban J connectivity index is 1.28. The molecule has 1 amide bonds. The molecule has 0 aliphatic carbocycles. The van der Waals surface area contributed by atoms with Crippen molar-refractivity contribution >= 4 is 5.91 Å². The van der Waals surface area contributed by atoms with Gasteiger partial charge in [-0.25, -0.2) is 4.98 Å². The molecule has 2 aromatic heterocycles. The number of halogens is 3. The number of benzene rings is 1. The van der Waals surface area contributed by atoms with Crippen molar-refractivity contribution in [2.24, 2.45) is 0 Å². The molecule has 1 aliphatic heterocycles. The van der Waals surface area contributed by atoms with Gasteiger partial charge < -0.3 is 14.2 Å². The van der Waals surface area contributed by atoms with E-state index in [1.54, 1.807) is 6.20 Å². The van der Waals surface area contributed by atoms with Gasteiger partial charge in [0.1, 0.15) is 18.2 Å². The number of amides is 1. The zero-order valence-corrected chi connectivity index (χ0v) is 17.6. The monoisotopic (exact) mass is 447 g/mol. The maximum Gasteiger partial charge on any atom is 0.416 e. The minimum absolute atomic E-state index is 0.0773. The number of nitrogens with zero attached hydrogens (tertiary/aromatic N) is 4. The molecular weight excluding hydrogens is 423 g/mol. The van der Waals surface area contributed by atoms with Gasteiger partial charge in [0, 0.05) is 44.4 Å². The Morgan fingerprint density at radius 3 is 2.91 bits per heavy atom. The highest BCUT2D eigenvalue weighted by Gasteiger charge is 2.31. The molecule has 0 spiro atoms. The zero-order chi connectivity index (χ0) is 22.7. The van der Waals surface area contributed by atoms with Crippen molar-refractivity contribution in [2.75, 3.05) is 13.1 Å². The van der Waals surface area contributed by atoms with Gasteiger partial charge in [0.2, 0.25) is 5.91 Å². The van der Waals surface area contributed by atoms with Gasteiger partial charge >= 0.3 is 6.18 Å². The molecule has 0 saturated carbocycles. The largest absolute Gasteiger partial charge is 0.487 e. The highest BCUT2D eigenvalue weighted by atomic mass is 19.4. The van der Waals surface area contributed by atoms with Crippen molar-refractivity contribution in [1.29, 1.82) is 0 Å². The number of nitrogens with one attached hydrogen (secondary N) is 1. The van der Waals surface area contributed by atoms with E-state index in [0.29, 0.717) is 31.7 Å². The Kier molecular flexibility index (Phi) is 6.20. The van der Waals surface area contributed by atoms with Crippen LogP contribution >= 0.6 is 0 Å². The quantitative estimate of drug-likeness (QED) is 0.596. The highest BCUT2D eigenvalue weighted by Crippen LogP contribution is 2.31. The number of hydrogen-bond donors (Lipinski definition) is 1. The maximum atomic E-state index is 12.8. The molecule has 1 N–H and O–H groups in total. The van der Waals surface area contributed by atoms with Crippen LogP contribution in [0.5, 0.6) is 5.75 Å². The second kappa shape index (κ2) is 9.05. The second-order valence-electron chi connectivity index (χ2n) is 7.88. The molecular formula is C22H24F3N5O2. The molecule has 1 fully saturated rings. The van der Waals surface area contributed by atoms with Crippen LogP contribution in [-0.2, 0) is 24.1 Å². The second-order valence-corrected chi connectivity index (χ2v) is 7.88. The first kappa shape index (κ1) is 21.9. The number of carbonyl (C=O) groups excluding carboxylic acids is 1. The van der Waals surface area contributed by atoms with E-state index in [9.17, 15) is 18.0 Å². The van der Waals surface area contributed by atoms with Crippen molar-refractivity contribution in [3.05, 3.63) is 65.5 Å². The van der Waals surface area contributed by atoms with E-state index < -0.39 is 11.7 Å². The lowest BCUT2D eigenvalue weighted by molar-refractivity contribution is -0.137. The summed E-state index contributed by atoms with van der Waals surface area (Å²) in [5.74, 6) is 1.24. The molecule has 10 heteroatoms. The van der Waals surface area contributed by atoms with Crippen LogP contribution in [0, 0.1) is 6.92 Å². The predicted molar refractivity (Wildman–Crippen MR) is 110 cm³/mol.